The van der Waals surface area contributed by atoms with Crippen LogP contribution in [0.5, 0.6) is 0 Å². The lowest BCUT2D eigenvalue weighted by Crippen LogP contribution is -2.03. The maximum Gasteiger partial charge on any atom is 0.135 e. The molecule has 2 N–H and O–H groups in total. The Hall–Kier alpha value is -2.30. The molecule has 0 aliphatic rings. The fraction of sp³-hybridized carbons (Fsp3) is 0.0588. The number of anilines is 3. The van der Waals surface area contributed by atoms with Crippen molar-refractivity contribution in [2.75, 3.05) is 10.6 Å². The molecule has 3 rings (SSSR count). The van der Waals surface area contributed by atoms with Gasteiger partial charge in [0, 0.05) is 28.3 Å². The van der Waals surface area contributed by atoms with Crippen molar-refractivity contribution < 1.29 is 0 Å². The van der Waals surface area contributed by atoms with E-state index in [4.69, 9.17) is 23.2 Å². The van der Waals surface area contributed by atoms with Gasteiger partial charge in [0.25, 0.3) is 0 Å². The zero-order chi connectivity index (χ0) is 16.1. The fourth-order valence-electron chi connectivity index (χ4n) is 2.03. The standard InChI is InChI=1S/C17H14Cl2N4/c18-13-6-4-12(5-7-13)10-20-16-9-17(22-11-21-16)23-15-3-1-2-14(19)8-15/h1-9,11H,10H2,(H2,20,21,22,23). The van der Waals surface area contributed by atoms with E-state index in [1.165, 1.54) is 6.33 Å². The second-order valence-corrected chi connectivity index (χ2v) is 5.78. The summed E-state index contributed by atoms with van der Waals surface area (Å²) in [5.74, 6) is 1.43. The highest BCUT2D eigenvalue weighted by Gasteiger charge is 2.01. The summed E-state index contributed by atoms with van der Waals surface area (Å²) in [4.78, 5) is 8.43. The number of rotatable bonds is 5. The highest BCUT2D eigenvalue weighted by molar-refractivity contribution is 6.31. The second-order valence-electron chi connectivity index (χ2n) is 4.90. The molecule has 3 aromatic rings. The van der Waals surface area contributed by atoms with E-state index in [0.717, 1.165) is 22.1 Å². The molecule has 1 heterocycles. The summed E-state index contributed by atoms with van der Waals surface area (Å²) in [5.41, 5.74) is 2.00. The van der Waals surface area contributed by atoms with Gasteiger partial charge in [-0.1, -0.05) is 41.4 Å². The van der Waals surface area contributed by atoms with Crippen LogP contribution in [0.15, 0.2) is 60.9 Å². The Labute approximate surface area is 144 Å². The molecular weight excluding hydrogens is 331 g/mol. The van der Waals surface area contributed by atoms with E-state index >= 15 is 0 Å². The first-order chi connectivity index (χ1) is 11.2. The number of hydrogen-bond donors (Lipinski definition) is 2. The molecule has 1 aromatic heterocycles. The molecule has 4 nitrogen and oxygen atoms in total. The Morgan fingerprint density at radius 2 is 1.61 bits per heavy atom. The van der Waals surface area contributed by atoms with Gasteiger partial charge in [0.1, 0.15) is 18.0 Å². The highest BCUT2D eigenvalue weighted by atomic mass is 35.5. The van der Waals surface area contributed by atoms with Gasteiger partial charge in [0.05, 0.1) is 0 Å². The van der Waals surface area contributed by atoms with Crippen molar-refractivity contribution >= 4 is 40.5 Å². The minimum absolute atomic E-state index is 0.658. The maximum absolute atomic E-state index is 5.98. The third-order valence-electron chi connectivity index (χ3n) is 3.15. The number of nitrogens with one attached hydrogen (secondary N) is 2. The minimum atomic E-state index is 0.658. The van der Waals surface area contributed by atoms with Crippen molar-refractivity contribution in [1.29, 1.82) is 0 Å². The van der Waals surface area contributed by atoms with Gasteiger partial charge in [-0.25, -0.2) is 9.97 Å². The maximum atomic E-state index is 5.98. The second kappa shape index (κ2) is 7.31. The van der Waals surface area contributed by atoms with Gasteiger partial charge in [-0.2, -0.15) is 0 Å². The van der Waals surface area contributed by atoms with Crippen molar-refractivity contribution in [3.63, 3.8) is 0 Å². The number of benzene rings is 2. The quantitative estimate of drug-likeness (QED) is 0.672. The van der Waals surface area contributed by atoms with Crippen molar-refractivity contribution in [3.8, 4) is 0 Å². The summed E-state index contributed by atoms with van der Waals surface area (Å²) in [6.45, 7) is 0.658. The van der Waals surface area contributed by atoms with Crippen LogP contribution in [0.2, 0.25) is 10.0 Å². The Morgan fingerprint density at radius 1 is 0.826 bits per heavy atom. The van der Waals surface area contributed by atoms with Gasteiger partial charge in [-0.3, -0.25) is 0 Å². The van der Waals surface area contributed by atoms with Crippen LogP contribution in [0.1, 0.15) is 5.56 Å². The third kappa shape index (κ3) is 4.58. The van der Waals surface area contributed by atoms with Crippen LogP contribution in [-0.4, -0.2) is 9.97 Å². The molecule has 0 amide bonds. The molecule has 116 valence electrons. The summed E-state index contributed by atoms with van der Waals surface area (Å²) in [7, 11) is 0. The first kappa shape index (κ1) is 15.6. The lowest BCUT2D eigenvalue weighted by atomic mass is 10.2. The Morgan fingerprint density at radius 3 is 2.39 bits per heavy atom. The Balaban J connectivity index is 1.66. The van der Waals surface area contributed by atoms with E-state index in [-0.39, 0.29) is 0 Å². The lowest BCUT2D eigenvalue weighted by molar-refractivity contribution is 1.08. The Kier molecular flexibility index (Phi) is 4.95. The van der Waals surface area contributed by atoms with E-state index in [0.29, 0.717) is 17.4 Å². The Bertz CT molecular complexity index is 791. The molecule has 0 radical (unpaired) electrons. The zero-order valence-corrected chi connectivity index (χ0v) is 13.6. The molecule has 0 bridgehead atoms. The van der Waals surface area contributed by atoms with Crippen LogP contribution in [-0.2, 0) is 6.54 Å². The molecule has 0 aliphatic heterocycles. The summed E-state index contributed by atoms with van der Waals surface area (Å²) >= 11 is 11.9. The van der Waals surface area contributed by atoms with Crippen molar-refractivity contribution in [2.45, 2.75) is 6.54 Å². The molecule has 0 atom stereocenters. The molecular formula is C17H14Cl2N4. The third-order valence-corrected chi connectivity index (χ3v) is 3.64. The van der Waals surface area contributed by atoms with Gasteiger partial charge >= 0.3 is 0 Å². The van der Waals surface area contributed by atoms with E-state index in [9.17, 15) is 0 Å². The summed E-state index contributed by atoms with van der Waals surface area (Å²) in [5, 5.41) is 7.85. The van der Waals surface area contributed by atoms with Crippen LogP contribution < -0.4 is 10.6 Å². The number of halogens is 2. The smallest absolute Gasteiger partial charge is 0.135 e. The van der Waals surface area contributed by atoms with Gasteiger partial charge in [-0.05, 0) is 35.9 Å². The van der Waals surface area contributed by atoms with Crippen LogP contribution in [0.3, 0.4) is 0 Å². The molecule has 0 saturated carbocycles. The van der Waals surface area contributed by atoms with Crippen LogP contribution in [0.4, 0.5) is 17.3 Å². The average molecular weight is 345 g/mol. The first-order valence-electron chi connectivity index (χ1n) is 7.02. The van der Waals surface area contributed by atoms with Gasteiger partial charge in [0.2, 0.25) is 0 Å². The molecule has 23 heavy (non-hydrogen) atoms. The van der Waals surface area contributed by atoms with E-state index in [1.54, 1.807) is 0 Å². The molecule has 0 fully saturated rings. The minimum Gasteiger partial charge on any atom is -0.366 e. The lowest BCUT2D eigenvalue weighted by Gasteiger charge is -2.09. The average Bonchev–Trinajstić information content (AvgIpc) is 2.55. The SMILES string of the molecule is Clc1ccc(CNc2cc(Nc3cccc(Cl)c3)ncn2)cc1. The van der Waals surface area contributed by atoms with Gasteiger partial charge in [-0.15, -0.1) is 0 Å². The monoisotopic (exact) mass is 344 g/mol. The fourth-order valence-corrected chi connectivity index (χ4v) is 2.35. The van der Waals surface area contributed by atoms with Crippen LogP contribution >= 0.6 is 23.2 Å². The van der Waals surface area contributed by atoms with Crippen LogP contribution in [0.25, 0.3) is 0 Å². The summed E-state index contributed by atoms with van der Waals surface area (Å²) in [6.07, 6.45) is 1.51. The van der Waals surface area contributed by atoms with Crippen molar-refractivity contribution in [3.05, 3.63) is 76.5 Å². The van der Waals surface area contributed by atoms with E-state index in [2.05, 4.69) is 20.6 Å². The first-order valence-corrected chi connectivity index (χ1v) is 7.77. The van der Waals surface area contributed by atoms with Crippen molar-refractivity contribution in [2.24, 2.45) is 0 Å². The molecule has 2 aromatic carbocycles. The number of aromatic nitrogens is 2. The predicted octanol–water partition coefficient (Wildman–Crippen LogP) is 5.14. The summed E-state index contributed by atoms with van der Waals surface area (Å²) < 4.78 is 0. The van der Waals surface area contributed by atoms with Crippen molar-refractivity contribution in [1.82, 2.24) is 9.97 Å². The van der Waals surface area contributed by atoms with E-state index < -0.39 is 0 Å². The normalized spacial score (nSPS) is 10.3. The summed E-state index contributed by atoms with van der Waals surface area (Å²) in [6, 6.07) is 17.0. The molecule has 0 spiro atoms. The molecule has 0 saturated heterocycles. The molecule has 0 aliphatic carbocycles. The molecule has 0 unspecified atom stereocenters. The van der Waals surface area contributed by atoms with Crippen LogP contribution in [0, 0.1) is 0 Å². The van der Waals surface area contributed by atoms with Gasteiger partial charge in [0.15, 0.2) is 0 Å². The van der Waals surface area contributed by atoms with Gasteiger partial charge < -0.3 is 10.6 Å². The largest absolute Gasteiger partial charge is 0.366 e. The topological polar surface area (TPSA) is 49.8 Å². The number of hydrogen-bond acceptors (Lipinski definition) is 4. The molecule has 6 heteroatoms. The number of nitrogens with zero attached hydrogens (tertiary/aromatic N) is 2. The van der Waals surface area contributed by atoms with E-state index in [1.807, 2.05) is 54.6 Å². The predicted molar refractivity (Wildman–Crippen MR) is 95.5 cm³/mol. The zero-order valence-electron chi connectivity index (χ0n) is 12.1. The highest BCUT2D eigenvalue weighted by Crippen LogP contribution is 2.20.